The molecule has 4 aromatic carbocycles. The van der Waals surface area contributed by atoms with E-state index in [1.807, 2.05) is 12.1 Å². The van der Waals surface area contributed by atoms with Crippen molar-refractivity contribution in [2.45, 2.75) is 51.6 Å². The number of rotatable bonds is 4. The first kappa shape index (κ1) is 30.8. The molecule has 36 heavy (non-hydrogen) atoms. The molecule has 0 bridgehead atoms. The third kappa shape index (κ3) is 7.77. The number of hydrogen-bond acceptors (Lipinski definition) is 0. The van der Waals surface area contributed by atoms with Gasteiger partial charge in [0.05, 0.1) is 0 Å². The summed E-state index contributed by atoms with van der Waals surface area (Å²) >= 11 is 1.51. The van der Waals surface area contributed by atoms with Crippen LogP contribution in [0.5, 0.6) is 0 Å². The fraction of sp³-hybridized carbons (Fsp3) is 0.250. The van der Waals surface area contributed by atoms with Gasteiger partial charge in [-0.25, -0.2) is 0 Å². The van der Waals surface area contributed by atoms with E-state index in [2.05, 4.69) is 98.8 Å². The molecule has 4 aromatic rings. The maximum absolute atomic E-state index is 3.30. The van der Waals surface area contributed by atoms with Crippen LogP contribution in [0.2, 0.25) is 12.1 Å². The molecule has 0 fully saturated rings. The first-order valence-electron chi connectivity index (χ1n) is 12.4. The maximum atomic E-state index is 3.30. The molecule has 2 aliphatic carbocycles. The summed E-state index contributed by atoms with van der Waals surface area (Å²) in [6.07, 6.45) is 4.95. The molecule has 0 amide bonds. The van der Waals surface area contributed by atoms with Crippen molar-refractivity contribution in [2.75, 3.05) is 0 Å². The van der Waals surface area contributed by atoms with Gasteiger partial charge >= 0.3 is 67.3 Å². The molecule has 0 aromatic heterocycles. The van der Waals surface area contributed by atoms with Gasteiger partial charge in [0.2, 0.25) is 0 Å². The molecular weight excluding hydrogens is 662 g/mol. The second-order valence-electron chi connectivity index (χ2n) is 8.90. The molecule has 0 saturated heterocycles. The Morgan fingerprint density at radius 3 is 1.42 bits per heavy atom. The molecule has 0 radical (unpaired) electrons. The molecule has 2 aliphatic rings. The molecule has 0 N–H and O–H groups in total. The quantitative estimate of drug-likeness (QED) is 0.197. The van der Waals surface area contributed by atoms with Gasteiger partial charge < -0.3 is 24.8 Å². The van der Waals surface area contributed by atoms with Gasteiger partial charge in [-0.2, -0.15) is 59.7 Å². The Labute approximate surface area is 244 Å². The molecular formula is C32H32Cl2HfSi-2. The zero-order valence-corrected chi connectivity index (χ0v) is 27.2. The van der Waals surface area contributed by atoms with Gasteiger partial charge in [0.15, 0.2) is 0 Å². The summed E-state index contributed by atoms with van der Waals surface area (Å²) in [5.74, 6) is 0. The summed E-state index contributed by atoms with van der Waals surface area (Å²) in [5, 5.41) is 0. The fourth-order valence-electron chi connectivity index (χ4n) is 4.72. The third-order valence-corrected chi connectivity index (χ3v) is 13.9. The molecule has 0 nitrogen and oxygen atoms in total. The molecule has 0 aliphatic heterocycles. The number of benzene rings is 4. The minimum atomic E-state index is 0. The summed E-state index contributed by atoms with van der Waals surface area (Å²) in [6, 6.07) is 39.4. The zero-order chi connectivity index (χ0) is 23.8. The van der Waals surface area contributed by atoms with Crippen LogP contribution in [0.25, 0.3) is 22.3 Å². The average Bonchev–Trinajstić information content (AvgIpc) is 3.44. The predicted molar refractivity (Wildman–Crippen MR) is 143 cm³/mol. The number of fused-ring (bicyclic) bond motifs is 6. The monoisotopic (exact) mass is 694 g/mol. The van der Waals surface area contributed by atoms with Crippen LogP contribution in [0.1, 0.15) is 48.9 Å². The van der Waals surface area contributed by atoms with Crippen molar-refractivity contribution in [1.29, 1.82) is 0 Å². The Kier molecular flexibility index (Phi) is 13.4. The van der Waals surface area contributed by atoms with Crippen LogP contribution in [-0.4, -0.2) is 5.49 Å². The van der Waals surface area contributed by atoms with Gasteiger partial charge in [-0.3, -0.25) is 0 Å². The van der Waals surface area contributed by atoms with Crippen LogP contribution in [0.4, 0.5) is 0 Å². The van der Waals surface area contributed by atoms with Gasteiger partial charge in [0.1, 0.15) is 0 Å². The van der Waals surface area contributed by atoms with Crippen LogP contribution in [0.15, 0.2) is 84.9 Å². The zero-order valence-electron chi connectivity index (χ0n) is 21.1. The van der Waals surface area contributed by atoms with E-state index in [0.717, 1.165) is 12.8 Å². The van der Waals surface area contributed by atoms with Gasteiger partial charge in [-0.1, -0.05) is 70.8 Å². The molecule has 184 valence electrons. The average molecular weight is 694 g/mol. The van der Waals surface area contributed by atoms with Gasteiger partial charge in [0.25, 0.3) is 0 Å². The van der Waals surface area contributed by atoms with Crippen molar-refractivity contribution in [2.24, 2.45) is 0 Å². The first-order valence-corrected chi connectivity index (χ1v) is 19.7. The van der Waals surface area contributed by atoms with Crippen molar-refractivity contribution >= 4 is 5.49 Å². The van der Waals surface area contributed by atoms with Gasteiger partial charge in [-0.15, -0.1) is 11.1 Å². The van der Waals surface area contributed by atoms with E-state index in [1.165, 1.54) is 80.3 Å². The van der Waals surface area contributed by atoms with Gasteiger partial charge in [-0.05, 0) is 12.8 Å². The molecule has 4 heteroatoms. The minimum absolute atomic E-state index is 0. The molecule has 0 atom stereocenters. The first-order chi connectivity index (χ1) is 16.7. The van der Waals surface area contributed by atoms with E-state index in [0.29, 0.717) is 0 Å². The van der Waals surface area contributed by atoms with Crippen molar-refractivity contribution < 1.29 is 47.8 Å². The van der Waals surface area contributed by atoms with Crippen molar-refractivity contribution in [3.63, 3.8) is 0 Å². The normalized spacial score (nSPS) is 11.0. The second kappa shape index (κ2) is 15.7. The summed E-state index contributed by atoms with van der Waals surface area (Å²) in [4.78, 5) is 0. The van der Waals surface area contributed by atoms with Crippen LogP contribution in [0.3, 0.4) is 0 Å². The van der Waals surface area contributed by atoms with Crippen molar-refractivity contribution in [3.05, 3.63) is 119 Å². The largest absolute Gasteiger partial charge is 1.00 e. The summed E-state index contributed by atoms with van der Waals surface area (Å²) < 4.78 is 0. The van der Waals surface area contributed by atoms with E-state index in [1.54, 1.807) is 12.1 Å². The SMILES string of the molecule is CCC[Si](=[Hf+2])CCC.[Cl-].[Cl-].[c-]1cccc2c1Cc1ccccc1-2.[c-]1cccc2c1Cc1ccccc1-2. The minimum Gasteiger partial charge on any atom is -1.00 e. The van der Waals surface area contributed by atoms with E-state index in [9.17, 15) is 0 Å². The fourth-order valence-corrected chi connectivity index (χ4v) is 11.6. The maximum Gasteiger partial charge on any atom is -0.0253 e. The Morgan fingerprint density at radius 2 is 1.00 bits per heavy atom. The van der Waals surface area contributed by atoms with Gasteiger partial charge in [0, 0.05) is 0 Å². The standard InChI is InChI=1S/2C13H9.C6H14Si.2ClH.Hf/c2*1-3-7-12-10(5-1)9-11-6-2-4-8-13(11)12;1-3-5-7-6-4-2;;;/h2*1-5,7-8H,9H2;3-6H2,1-2H3;2*1H;/q2*-1;;;;+2/p-2. The van der Waals surface area contributed by atoms with Crippen LogP contribution < -0.4 is 24.8 Å². The Morgan fingerprint density at radius 1 is 0.611 bits per heavy atom. The topological polar surface area (TPSA) is 0 Å². The molecule has 0 saturated carbocycles. The van der Waals surface area contributed by atoms with Crippen molar-refractivity contribution in [1.82, 2.24) is 0 Å². The smallest absolute Gasteiger partial charge is 0.0253 e. The van der Waals surface area contributed by atoms with Crippen LogP contribution >= 0.6 is 0 Å². The van der Waals surface area contributed by atoms with E-state index in [4.69, 9.17) is 0 Å². The van der Waals surface area contributed by atoms with E-state index in [-0.39, 0.29) is 30.3 Å². The Bertz CT molecular complexity index is 1080. The second-order valence-corrected chi connectivity index (χ2v) is 18.7. The molecule has 0 heterocycles. The van der Waals surface area contributed by atoms with Crippen LogP contribution in [0, 0.1) is 12.1 Å². The molecule has 6 rings (SSSR count). The van der Waals surface area contributed by atoms with E-state index >= 15 is 0 Å². The van der Waals surface area contributed by atoms with Crippen LogP contribution in [-0.2, 0) is 35.8 Å². The number of hydrogen-bond donors (Lipinski definition) is 0. The summed E-state index contributed by atoms with van der Waals surface area (Å²) in [6.45, 7) is 4.61. The summed E-state index contributed by atoms with van der Waals surface area (Å²) in [5.41, 5.74) is 11.3. The Hall–Kier alpha value is -1.45. The summed E-state index contributed by atoms with van der Waals surface area (Å²) in [7, 11) is 0. The van der Waals surface area contributed by atoms with Crippen molar-refractivity contribution in [3.8, 4) is 22.3 Å². The molecule has 0 unspecified atom stereocenters. The molecule has 0 spiro atoms. The third-order valence-electron chi connectivity index (χ3n) is 6.34. The number of halogens is 2. The Balaban J connectivity index is 0.000000192. The van der Waals surface area contributed by atoms with E-state index < -0.39 is 0 Å². The predicted octanol–water partition coefficient (Wildman–Crippen LogP) is 2.47.